The van der Waals surface area contributed by atoms with Crippen LogP contribution in [0.2, 0.25) is 0 Å². The van der Waals surface area contributed by atoms with Gasteiger partial charge in [-0.3, -0.25) is 4.90 Å². The van der Waals surface area contributed by atoms with Crippen molar-refractivity contribution in [3.05, 3.63) is 48.5 Å². The molecule has 1 heterocycles. The number of rotatable bonds is 8. The van der Waals surface area contributed by atoms with Gasteiger partial charge < -0.3 is 25.0 Å². The lowest BCUT2D eigenvalue weighted by molar-refractivity contribution is 0.244. The number of piperazine rings is 1. The van der Waals surface area contributed by atoms with Crippen LogP contribution in [0.1, 0.15) is 6.42 Å². The highest BCUT2D eigenvalue weighted by atomic mass is 16.5. The number of anilines is 2. The molecule has 0 saturated carbocycles. The van der Waals surface area contributed by atoms with Crippen molar-refractivity contribution in [2.24, 2.45) is 0 Å². The number of hydrogen-bond donors (Lipinski definition) is 2. The van der Waals surface area contributed by atoms with Crippen molar-refractivity contribution in [1.29, 1.82) is 0 Å². The number of benzene rings is 2. The second-order valence-electron chi connectivity index (χ2n) is 6.99. The smallest absolute Gasteiger partial charge is 0.319 e. The number of nitrogens with zero attached hydrogens (tertiary/aromatic N) is 2. The number of hydrogen-bond acceptors (Lipinski definition) is 5. The average Bonchev–Trinajstić information content (AvgIpc) is 2.78. The molecule has 1 fully saturated rings. The Morgan fingerprint density at radius 2 is 1.48 bits per heavy atom. The van der Waals surface area contributed by atoms with E-state index in [0.29, 0.717) is 6.54 Å². The largest absolute Gasteiger partial charge is 0.497 e. The fourth-order valence-electron chi connectivity index (χ4n) is 3.38. The summed E-state index contributed by atoms with van der Waals surface area (Å²) in [4.78, 5) is 16.8. The number of carbonyl (C=O) groups is 1. The van der Waals surface area contributed by atoms with Crippen molar-refractivity contribution in [3.63, 3.8) is 0 Å². The van der Waals surface area contributed by atoms with E-state index in [4.69, 9.17) is 9.47 Å². The van der Waals surface area contributed by atoms with E-state index in [1.165, 1.54) is 5.69 Å². The summed E-state index contributed by atoms with van der Waals surface area (Å²) in [6, 6.07) is 15.3. The van der Waals surface area contributed by atoms with Gasteiger partial charge in [0.15, 0.2) is 0 Å². The van der Waals surface area contributed by atoms with Gasteiger partial charge in [-0.15, -0.1) is 0 Å². The Morgan fingerprint density at radius 3 is 2.07 bits per heavy atom. The molecule has 1 aliphatic heterocycles. The second kappa shape index (κ2) is 10.6. The van der Waals surface area contributed by atoms with Crippen LogP contribution >= 0.6 is 0 Å². The molecule has 0 unspecified atom stereocenters. The van der Waals surface area contributed by atoms with Crippen LogP contribution in [0.3, 0.4) is 0 Å². The molecule has 156 valence electrons. The Kier molecular flexibility index (Phi) is 7.58. The van der Waals surface area contributed by atoms with E-state index < -0.39 is 0 Å². The van der Waals surface area contributed by atoms with Gasteiger partial charge in [0.05, 0.1) is 14.2 Å². The fourth-order valence-corrected chi connectivity index (χ4v) is 3.38. The standard InChI is InChI=1S/C22H30N4O3/c1-28-20-8-4-18(5-9-20)24-22(27)23-12-3-13-25-14-16-26(17-15-25)19-6-10-21(29-2)11-7-19/h4-11H,3,12-17H2,1-2H3,(H2,23,24,27). The normalized spacial score (nSPS) is 14.3. The molecule has 2 N–H and O–H groups in total. The van der Waals surface area contributed by atoms with Gasteiger partial charge in [-0.2, -0.15) is 0 Å². The van der Waals surface area contributed by atoms with Crippen LogP contribution in [0, 0.1) is 0 Å². The first-order chi connectivity index (χ1) is 14.2. The Morgan fingerprint density at radius 1 is 0.897 bits per heavy atom. The van der Waals surface area contributed by atoms with Gasteiger partial charge in [0, 0.05) is 44.1 Å². The van der Waals surface area contributed by atoms with Crippen LogP contribution in [0.15, 0.2) is 48.5 Å². The van der Waals surface area contributed by atoms with Crippen molar-refractivity contribution in [1.82, 2.24) is 10.2 Å². The summed E-state index contributed by atoms with van der Waals surface area (Å²) in [5.74, 6) is 1.65. The number of carbonyl (C=O) groups excluding carboxylic acids is 1. The van der Waals surface area contributed by atoms with E-state index in [9.17, 15) is 4.79 Å². The minimum atomic E-state index is -0.181. The zero-order chi connectivity index (χ0) is 20.5. The molecule has 7 nitrogen and oxygen atoms in total. The van der Waals surface area contributed by atoms with E-state index in [1.807, 2.05) is 36.4 Å². The molecule has 7 heteroatoms. The SMILES string of the molecule is COc1ccc(NC(=O)NCCCN2CCN(c3ccc(OC)cc3)CC2)cc1. The minimum Gasteiger partial charge on any atom is -0.497 e. The molecule has 2 aromatic carbocycles. The van der Waals surface area contributed by atoms with E-state index in [-0.39, 0.29) is 6.03 Å². The fraction of sp³-hybridized carbons (Fsp3) is 0.409. The van der Waals surface area contributed by atoms with E-state index in [0.717, 1.165) is 56.3 Å². The molecule has 3 rings (SSSR count). The summed E-state index contributed by atoms with van der Waals surface area (Å²) in [5, 5.41) is 5.74. The van der Waals surface area contributed by atoms with E-state index in [1.54, 1.807) is 14.2 Å². The molecule has 29 heavy (non-hydrogen) atoms. The van der Waals surface area contributed by atoms with Gasteiger partial charge in [0.1, 0.15) is 11.5 Å². The van der Waals surface area contributed by atoms with Crippen molar-refractivity contribution in [2.45, 2.75) is 6.42 Å². The molecular weight excluding hydrogens is 368 g/mol. The Hall–Kier alpha value is -2.93. The summed E-state index contributed by atoms with van der Waals surface area (Å²) >= 11 is 0. The van der Waals surface area contributed by atoms with Crippen molar-refractivity contribution in [3.8, 4) is 11.5 Å². The molecular formula is C22H30N4O3. The topological polar surface area (TPSA) is 66.1 Å². The zero-order valence-corrected chi connectivity index (χ0v) is 17.2. The quantitative estimate of drug-likeness (QED) is 0.669. The number of ether oxygens (including phenoxy) is 2. The van der Waals surface area contributed by atoms with Gasteiger partial charge in [0.2, 0.25) is 0 Å². The molecule has 2 aromatic rings. The lowest BCUT2D eigenvalue weighted by Gasteiger charge is -2.36. The van der Waals surface area contributed by atoms with Crippen LogP contribution in [0.5, 0.6) is 11.5 Å². The van der Waals surface area contributed by atoms with Crippen LogP contribution in [-0.2, 0) is 0 Å². The molecule has 1 saturated heterocycles. The predicted octanol–water partition coefficient (Wildman–Crippen LogP) is 3.04. The summed E-state index contributed by atoms with van der Waals surface area (Å²) in [5.41, 5.74) is 1.99. The van der Waals surface area contributed by atoms with E-state index in [2.05, 4.69) is 32.6 Å². The number of amides is 2. The highest BCUT2D eigenvalue weighted by Gasteiger charge is 2.16. The number of nitrogens with one attached hydrogen (secondary N) is 2. The molecule has 0 spiro atoms. The maximum absolute atomic E-state index is 12.0. The first-order valence-electron chi connectivity index (χ1n) is 9.98. The van der Waals surface area contributed by atoms with E-state index >= 15 is 0 Å². The number of methoxy groups -OCH3 is 2. The van der Waals surface area contributed by atoms with Crippen molar-refractivity contribution in [2.75, 3.05) is 63.7 Å². The van der Waals surface area contributed by atoms with Crippen LogP contribution in [0.25, 0.3) is 0 Å². The summed E-state index contributed by atoms with van der Waals surface area (Å²) in [7, 11) is 3.30. The summed E-state index contributed by atoms with van der Waals surface area (Å²) in [6.07, 6.45) is 0.929. The Balaban J connectivity index is 1.30. The average molecular weight is 399 g/mol. The lowest BCUT2D eigenvalue weighted by atomic mass is 10.2. The third-order valence-corrected chi connectivity index (χ3v) is 5.09. The molecule has 1 aliphatic rings. The van der Waals surface area contributed by atoms with Gasteiger partial charge >= 0.3 is 6.03 Å². The first kappa shape index (κ1) is 20.8. The first-order valence-corrected chi connectivity index (χ1v) is 9.98. The summed E-state index contributed by atoms with van der Waals surface area (Å²) in [6.45, 7) is 5.73. The van der Waals surface area contributed by atoms with Crippen molar-refractivity contribution >= 4 is 17.4 Å². The van der Waals surface area contributed by atoms with Crippen LogP contribution in [-0.4, -0.2) is 64.4 Å². The molecule has 0 aliphatic carbocycles. The van der Waals surface area contributed by atoms with Gasteiger partial charge in [0.25, 0.3) is 0 Å². The maximum Gasteiger partial charge on any atom is 0.319 e. The maximum atomic E-state index is 12.0. The Labute approximate surface area is 172 Å². The third-order valence-electron chi connectivity index (χ3n) is 5.09. The third kappa shape index (κ3) is 6.29. The van der Waals surface area contributed by atoms with Gasteiger partial charge in [-0.25, -0.2) is 4.79 Å². The number of urea groups is 1. The zero-order valence-electron chi connectivity index (χ0n) is 17.2. The highest BCUT2D eigenvalue weighted by molar-refractivity contribution is 5.89. The van der Waals surface area contributed by atoms with Crippen molar-refractivity contribution < 1.29 is 14.3 Å². The minimum absolute atomic E-state index is 0.181. The molecule has 2 amide bonds. The Bertz CT molecular complexity index is 757. The molecule has 0 aromatic heterocycles. The lowest BCUT2D eigenvalue weighted by Crippen LogP contribution is -2.47. The summed E-state index contributed by atoms with van der Waals surface area (Å²) < 4.78 is 10.3. The predicted molar refractivity (Wildman–Crippen MR) is 116 cm³/mol. The monoisotopic (exact) mass is 398 g/mol. The molecule has 0 bridgehead atoms. The highest BCUT2D eigenvalue weighted by Crippen LogP contribution is 2.20. The second-order valence-corrected chi connectivity index (χ2v) is 6.99. The van der Waals surface area contributed by atoms with Gasteiger partial charge in [-0.05, 0) is 61.5 Å². The van der Waals surface area contributed by atoms with Crippen LogP contribution in [0.4, 0.5) is 16.2 Å². The van der Waals surface area contributed by atoms with Crippen LogP contribution < -0.4 is 25.0 Å². The van der Waals surface area contributed by atoms with Gasteiger partial charge in [-0.1, -0.05) is 0 Å². The molecule has 0 atom stereocenters. The molecule has 0 radical (unpaired) electrons.